The minimum Gasteiger partial charge on any atom is -0.462 e. The highest BCUT2D eigenvalue weighted by molar-refractivity contribution is 5.91. The average Bonchev–Trinajstić information content (AvgIpc) is 3.12. The summed E-state index contributed by atoms with van der Waals surface area (Å²) >= 11 is 0. The molecule has 0 aromatic heterocycles. The van der Waals surface area contributed by atoms with Crippen molar-refractivity contribution in [2.45, 2.75) is 39.5 Å². The molecule has 0 spiro atoms. The van der Waals surface area contributed by atoms with Crippen LogP contribution in [0.3, 0.4) is 0 Å². The fraction of sp³-hybridized carbons (Fsp3) is 0.286. The molecule has 3 aromatic rings. The van der Waals surface area contributed by atoms with E-state index in [-0.39, 0.29) is 37.6 Å². The average molecular weight is 711 g/mol. The molecule has 0 fully saturated rings. The molecule has 52 heavy (non-hydrogen) atoms. The monoisotopic (exact) mass is 710 g/mol. The SMILES string of the molecule is C=C(C)C(=O)OCCCc1ccc(-c2ccc(-c3ccc(CCCOC(=O)C(=C)C)c(OC(=O)C(=C)COC)c3)cc2)cc1OC(=O)C(=C)COC. The predicted molar refractivity (Wildman–Crippen MR) is 199 cm³/mol. The highest BCUT2D eigenvalue weighted by atomic mass is 16.5. The van der Waals surface area contributed by atoms with Gasteiger partial charge < -0.3 is 28.4 Å². The molecule has 0 aliphatic heterocycles. The molecule has 0 N–H and O–H groups in total. The van der Waals surface area contributed by atoms with Crippen molar-refractivity contribution in [1.29, 1.82) is 0 Å². The first-order chi connectivity index (χ1) is 24.8. The summed E-state index contributed by atoms with van der Waals surface area (Å²) in [5.74, 6) is -1.41. The Hall–Kier alpha value is -5.58. The third-order valence-electron chi connectivity index (χ3n) is 7.65. The fourth-order valence-corrected chi connectivity index (χ4v) is 4.84. The molecular weight excluding hydrogens is 664 g/mol. The number of benzene rings is 3. The second kappa shape index (κ2) is 20.3. The number of rotatable bonds is 20. The highest BCUT2D eigenvalue weighted by Gasteiger charge is 2.17. The van der Waals surface area contributed by atoms with Crippen LogP contribution in [-0.2, 0) is 51.0 Å². The first-order valence-corrected chi connectivity index (χ1v) is 16.6. The molecule has 0 radical (unpaired) electrons. The maximum absolute atomic E-state index is 12.8. The normalized spacial score (nSPS) is 10.5. The van der Waals surface area contributed by atoms with Gasteiger partial charge in [0.25, 0.3) is 0 Å². The van der Waals surface area contributed by atoms with Gasteiger partial charge in [-0.25, -0.2) is 19.2 Å². The van der Waals surface area contributed by atoms with Gasteiger partial charge in [0.15, 0.2) is 0 Å². The van der Waals surface area contributed by atoms with Crippen molar-refractivity contribution in [2.75, 3.05) is 40.6 Å². The van der Waals surface area contributed by atoms with Crippen LogP contribution in [0, 0.1) is 0 Å². The van der Waals surface area contributed by atoms with E-state index in [4.69, 9.17) is 28.4 Å². The van der Waals surface area contributed by atoms with Crippen LogP contribution < -0.4 is 9.47 Å². The van der Waals surface area contributed by atoms with Gasteiger partial charge in [0.1, 0.15) is 11.5 Å². The molecule has 0 aliphatic rings. The summed E-state index contributed by atoms with van der Waals surface area (Å²) in [6.07, 6.45) is 2.00. The van der Waals surface area contributed by atoms with E-state index >= 15 is 0 Å². The van der Waals surface area contributed by atoms with Crippen molar-refractivity contribution < 1.29 is 47.6 Å². The maximum atomic E-state index is 12.8. The standard InChI is InChI=1S/C42H46O10/c1-27(2)39(43)49-21-9-11-33-17-19-35(23-37(33)51-41(45)29(5)25-47-7)31-13-15-32(16-14-31)36-20-18-34(12-10-22-50-40(44)28(3)4)38(24-36)52-42(46)30(6)26-48-8/h13-20,23-24H,1,3,5-6,9-12,21-22,25-26H2,2,4,7-8H3. The third kappa shape index (κ3) is 12.3. The largest absolute Gasteiger partial charge is 0.462 e. The van der Waals surface area contributed by atoms with E-state index in [1.807, 2.05) is 48.5 Å². The minimum absolute atomic E-state index is 0.0286. The van der Waals surface area contributed by atoms with Gasteiger partial charge in [-0.15, -0.1) is 0 Å². The Balaban J connectivity index is 1.86. The Kier molecular flexibility index (Phi) is 16.0. The van der Waals surface area contributed by atoms with Crippen molar-refractivity contribution in [3.8, 4) is 33.8 Å². The van der Waals surface area contributed by atoms with Crippen LogP contribution in [0.4, 0.5) is 0 Å². The highest BCUT2D eigenvalue weighted by Crippen LogP contribution is 2.33. The number of hydrogen-bond donors (Lipinski definition) is 0. The molecule has 3 aromatic carbocycles. The van der Waals surface area contributed by atoms with Crippen LogP contribution in [0.15, 0.2) is 109 Å². The number of methoxy groups -OCH3 is 2. The number of aryl methyl sites for hydroxylation is 2. The zero-order valence-corrected chi connectivity index (χ0v) is 30.3. The van der Waals surface area contributed by atoms with Gasteiger partial charge in [0, 0.05) is 25.4 Å². The fourth-order valence-electron chi connectivity index (χ4n) is 4.84. The van der Waals surface area contributed by atoms with Gasteiger partial charge in [-0.05, 0) is 85.0 Å². The molecule has 0 saturated heterocycles. The lowest BCUT2D eigenvalue weighted by atomic mass is 9.97. The molecule has 10 nitrogen and oxygen atoms in total. The van der Waals surface area contributed by atoms with Crippen molar-refractivity contribution >= 4 is 23.9 Å². The van der Waals surface area contributed by atoms with Gasteiger partial charge in [-0.1, -0.05) is 74.8 Å². The number of ether oxygens (including phenoxy) is 6. The van der Waals surface area contributed by atoms with Gasteiger partial charge in [0.2, 0.25) is 0 Å². The van der Waals surface area contributed by atoms with E-state index in [0.29, 0.717) is 48.3 Å². The first kappa shape index (κ1) is 40.8. The first-order valence-electron chi connectivity index (χ1n) is 16.6. The van der Waals surface area contributed by atoms with Crippen LogP contribution in [0.1, 0.15) is 37.8 Å². The van der Waals surface area contributed by atoms with Gasteiger partial charge in [-0.3, -0.25) is 0 Å². The Labute approximate surface area is 305 Å². The van der Waals surface area contributed by atoms with E-state index in [1.54, 1.807) is 26.0 Å². The van der Waals surface area contributed by atoms with Crippen molar-refractivity contribution in [3.63, 3.8) is 0 Å². The Morgan fingerprint density at radius 1 is 0.519 bits per heavy atom. The molecule has 0 saturated carbocycles. The van der Waals surface area contributed by atoms with Crippen molar-refractivity contribution in [2.24, 2.45) is 0 Å². The van der Waals surface area contributed by atoms with E-state index in [9.17, 15) is 19.2 Å². The third-order valence-corrected chi connectivity index (χ3v) is 7.65. The van der Waals surface area contributed by atoms with E-state index in [1.165, 1.54) is 14.2 Å². The Morgan fingerprint density at radius 2 is 0.865 bits per heavy atom. The van der Waals surface area contributed by atoms with Crippen molar-refractivity contribution in [1.82, 2.24) is 0 Å². The van der Waals surface area contributed by atoms with Gasteiger partial charge in [-0.2, -0.15) is 0 Å². The topological polar surface area (TPSA) is 124 Å². The lowest BCUT2D eigenvalue weighted by Gasteiger charge is -2.15. The summed E-state index contributed by atoms with van der Waals surface area (Å²) in [6, 6.07) is 18.9. The smallest absolute Gasteiger partial charge is 0.341 e. The minimum atomic E-state index is -0.608. The molecule has 0 heterocycles. The number of esters is 4. The summed E-state index contributed by atoms with van der Waals surface area (Å²) < 4.78 is 32.0. The quantitative estimate of drug-likeness (QED) is 0.0509. The number of carbonyl (C=O) groups is 4. The Morgan fingerprint density at radius 3 is 1.19 bits per heavy atom. The lowest BCUT2D eigenvalue weighted by molar-refractivity contribution is -0.139. The van der Waals surface area contributed by atoms with Crippen LogP contribution in [0.5, 0.6) is 11.5 Å². The summed E-state index contributed by atoms with van der Waals surface area (Å²) in [6.45, 7) is 18.3. The van der Waals surface area contributed by atoms with Crippen LogP contribution >= 0.6 is 0 Å². The van der Waals surface area contributed by atoms with Gasteiger partial charge in [0.05, 0.1) is 37.6 Å². The second-order valence-electron chi connectivity index (χ2n) is 12.1. The van der Waals surface area contributed by atoms with Crippen molar-refractivity contribution in [3.05, 3.63) is 120 Å². The van der Waals surface area contributed by atoms with Crippen LogP contribution in [-0.4, -0.2) is 64.5 Å². The molecule has 3 rings (SSSR count). The number of carbonyl (C=O) groups excluding carboxylic acids is 4. The summed E-state index contributed by atoms with van der Waals surface area (Å²) in [7, 11) is 2.94. The van der Waals surface area contributed by atoms with Gasteiger partial charge >= 0.3 is 23.9 Å². The summed E-state index contributed by atoms with van der Waals surface area (Å²) in [5.41, 5.74) is 5.84. The van der Waals surface area contributed by atoms with E-state index in [2.05, 4.69) is 26.3 Å². The second-order valence-corrected chi connectivity index (χ2v) is 12.1. The van der Waals surface area contributed by atoms with Crippen LogP contribution in [0.2, 0.25) is 0 Å². The summed E-state index contributed by atoms with van der Waals surface area (Å²) in [4.78, 5) is 49.1. The van der Waals surface area contributed by atoms with Crippen LogP contribution in [0.25, 0.3) is 22.3 Å². The molecule has 0 unspecified atom stereocenters. The Bertz CT molecular complexity index is 1680. The van der Waals surface area contributed by atoms with E-state index < -0.39 is 23.9 Å². The predicted octanol–water partition coefficient (Wildman–Crippen LogP) is 7.34. The zero-order chi connectivity index (χ0) is 38.2. The molecule has 0 aliphatic carbocycles. The molecule has 274 valence electrons. The number of hydrogen-bond acceptors (Lipinski definition) is 10. The lowest BCUT2D eigenvalue weighted by Crippen LogP contribution is -2.15. The molecule has 0 atom stereocenters. The zero-order valence-electron chi connectivity index (χ0n) is 30.3. The molecule has 0 amide bonds. The molecule has 10 heteroatoms. The molecular formula is C42H46O10. The summed E-state index contributed by atoms with van der Waals surface area (Å²) in [5, 5.41) is 0. The molecule has 0 bridgehead atoms. The maximum Gasteiger partial charge on any atom is 0.341 e. The van der Waals surface area contributed by atoms with E-state index in [0.717, 1.165) is 33.4 Å².